The number of carbonyl (C=O) groups is 1. The van der Waals surface area contributed by atoms with Gasteiger partial charge in [-0.1, -0.05) is 24.3 Å². The van der Waals surface area contributed by atoms with E-state index in [1.165, 1.54) is 0 Å². The van der Waals surface area contributed by atoms with Crippen LogP contribution >= 0.6 is 0 Å². The fourth-order valence-electron chi connectivity index (χ4n) is 3.63. The molecule has 1 aliphatic heterocycles. The van der Waals surface area contributed by atoms with Crippen LogP contribution in [0.2, 0.25) is 0 Å². The largest absolute Gasteiger partial charge is 0.358 e. The van der Waals surface area contributed by atoms with E-state index in [-0.39, 0.29) is 11.3 Å². The summed E-state index contributed by atoms with van der Waals surface area (Å²) in [7, 11) is 2.08. The van der Waals surface area contributed by atoms with Gasteiger partial charge in [-0.25, -0.2) is 0 Å². The fraction of sp³-hybridized carbons (Fsp3) is 0.273. The van der Waals surface area contributed by atoms with Crippen LogP contribution in [0.3, 0.4) is 0 Å². The van der Waals surface area contributed by atoms with Crippen molar-refractivity contribution in [2.24, 2.45) is 0 Å². The number of rotatable bonds is 2. The van der Waals surface area contributed by atoms with E-state index in [0.717, 1.165) is 48.5 Å². The second-order valence-corrected chi connectivity index (χ2v) is 7.22. The maximum absolute atomic E-state index is 12.7. The van der Waals surface area contributed by atoms with Gasteiger partial charge in [-0.3, -0.25) is 9.59 Å². The number of para-hydroxylation sites is 1. The molecule has 1 N–H and O–H groups in total. The zero-order valence-electron chi connectivity index (χ0n) is 15.7. The van der Waals surface area contributed by atoms with Gasteiger partial charge in [-0.05, 0) is 37.7 Å². The molecular weight excluding hydrogens is 338 g/mol. The first-order valence-corrected chi connectivity index (χ1v) is 9.24. The van der Waals surface area contributed by atoms with E-state index in [1.54, 1.807) is 6.07 Å². The molecule has 0 unspecified atom stereocenters. The summed E-state index contributed by atoms with van der Waals surface area (Å²) in [5, 5.41) is 0.677. The summed E-state index contributed by atoms with van der Waals surface area (Å²) < 4.78 is 0. The SMILES string of the molecule is Cc1cc(=O)c2cccc(-c3ccc(C(=O)N4CCN(C)CC4)cc3)c2[nH]1. The Hall–Kier alpha value is -2.92. The maximum Gasteiger partial charge on any atom is 0.253 e. The minimum atomic E-state index is 0.0185. The second-order valence-electron chi connectivity index (χ2n) is 7.22. The molecule has 0 spiro atoms. The van der Waals surface area contributed by atoms with Gasteiger partial charge in [0.05, 0.1) is 5.52 Å². The number of amides is 1. The van der Waals surface area contributed by atoms with Gasteiger partial charge in [0.2, 0.25) is 0 Å². The van der Waals surface area contributed by atoms with Crippen LogP contribution in [-0.2, 0) is 0 Å². The van der Waals surface area contributed by atoms with Crippen molar-refractivity contribution in [3.63, 3.8) is 0 Å². The number of H-pyrrole nitrogens is 1. The molecule has 2 heterocycles. The predicted octanol–water partition coefficient (Wildman–Crippen LogP) is 2.89. The van der Waals surface area contributed by atoms with Crippen molar-refractivity contribution in [1.82, 2.24) is 14.8 Å². The number of nitrogens with zero attached hydrogens (tertiary/aromatic N) is 2. The number of aromatic nitrogens is 1. The monoisotopic (exact) mass is 361 g/mol. The molecule has 27 heavy (non-hydrogen) atoms. The zero-order valence-corrected chi connectivity index (χ0v) is 15.7. The Morgan fingerprint density at radius 2 is 1.70 bits per heavy atom. The number of likely N-dealkylation sites (N-methyl/N-ethyl adjacent to an activating group) is 1. The minimum Gasteiger partial charge on any atom is -0.358 e. The van der Waals surface area contributed by atoms with Crippen molar-refractivity contribution in [2.45, 2.75) is 6.92 Å². The van der Waals surface area contributed by atoms with Crippen molar-refractivity contribution in [1.29, 1.82) is 0 Å². The summed E-state index contributed by atoms with van der Waals surface area (Å²) in [5.74, 6) is 0.0804. The Kier molecular flexibility index (Phi) is 4.54. The molecule has 5 nitrogen and oxygen atoms in total. The van der Waals surface area contributed by atoms with E-state index in [0.29, 0.717) is 10.9 Å². The lowest BCUT2D eigenvalue weighted by atomic mass is 10.00. The normalized spacial score (nSPS) is 15.3. The summed E-state index contributed by atoms with van der Waals surface area (Å²) in [6.07, 6.45) is 0. The summed E-state index contributed by atoms with van der Waals surface area (Å²) >= 11 is 0. The number of carbonyl (C=O) groups excluding carboxylic acids is 1. The molecule has 0 saturated carbocycles. The molecule has 1 saturated heterocycles. The minimum absolute atomic E-state index is 0.0185. The number of nitrogens with one attached hydrogen (secondary N) is 1. The first-order valence-electron chi connectivity index (χ1n) is 9.24. The molecule has 138 valence electrons. The molecule has 0 bridgehead atoms. The average molecular weight is 361 g/mol. The van der Waals surface area contributed by atoms with Gasteiger partial charge in [0.1, 0.15) is 0 Å². The van der Waals surface area contributed by atoms with Gasteiger partial charge < -0.3 is 14.8 Å². The Morgan fingerprint density at radius 1 is 1.00 bits per heavy atom. The quantitative estimate of drug-likeness (QED) is 0.764. The Bertz CT molecular complexity index is 1050. The summed E-state index contributed by atoms with van der Waals surface area (Å²) in [6.45, 7) is 5.23. The van der Waals surface area contributed by atoms with Crippen LogP contribution in [0.25, 0.3) is 22.0 Å². The number of piperazine rings is 1. The van der Waals surface area contributed by atoms with Crippen molar-refractivity contribution in [3.05, 3.63) is 70.0 Å². The van der Waals surface area contributed by atoms with Crippen LogP contribution in [0.15, 0.2) is 53.3 Å². The van der Waals surface area contributed by atoms with Gasteiger partial charge in [-0.15, -0.1) is 0 Å². The lowest BCUT2D eigenvalue weighted by Crippen LogP contribution is -2.47. The summed E-state index contributed by atoms with van der Waals surface area (Å²) in [5.41, 5.74) is 4.34. The lowest BCUT2D eigenvalue weighted by molar-refractivity contribution is 0.0664. The van der Waals surface area contributed by atoms with E-state index >= 15 is 0 Å². The Labute approximate surface area is 158 Å². The molecule has 3 aromatic rings. The van der Waals surface area contributed by atoms with E-state index in [1.807, 2.05) is 54.3 Å². The van der Waals surface area contributed by atoms with E-state index in [9.17, 15) is 9.59 Å². The van der Waals surface area contributed by atoms with Crippen LogP contribution in [0.4, 0.5) is 0 Å². The molecule has 1 aliphatic rings. The Morgan fingerprint density at radius 3 is 2.41 bits per heavy atom. The highest BCUT2D eigenvalue weighted by atomic mass is 16.2. The molecule has 1 amide bonds. The molecule has 1 aromatic heterocycles. The highest BCUT2D eigenvalue weighted by Gasteiger charge is 2.20. The highest BCUT2D eigenvalue weighted by molar-refractivity contribution is 5.97. The topological polar surface area (TPSA) is 56.4 Å². The first-order chi connectivity index (χ1) is 13.0. The standard InChI is InChI=1S/C22H23N3O2/c1-15-14-20(26)19-5-3-4-18(21(19)23-15)16-6-8-17(9-7-16)22(27)25-12-10-24(2)11-13-25/h3-9,14H,10-13H2,1-2H3,(H,23,26). The molecule has 0 radical (unpaired) electrons. The van der Waals surface area contributed by atoms with E-state index < -0.39 is 0 Å². The first kappa shape index (κ1) is 17.5. The third-order valence-corrected chi connectivity index (χ3v) is 5.23. The number of aromatic amines is 1. The van der Waals surface area contributed by atoms with Gasteiger partial charge in [-0.2, -0.15) is 0 Å². The van der Waals surface area contributed by atoms with Gasteiger partial charge in [0, 0.05) is 54.5 Å². The van der Waals surface area contributed by atoms with Crippen molar-refractivity contribution in [2.75, 3.05) is 33.2 Å². The third-order valence-electron chi connectivity index (χ3n) is 5.23. The Balaban J connectivity index is 1.66. The van der Waals surface area contributed by atoms with E-state index in [2.05, 4.69) is 16.9 Å². The van der Waals surface area contributed by atoms with Crippen molar-refractivity contribution < 1.29 is 4.79 Å². The molecule has 1 fully saturated rings. The van der Waals surface area contributed by atoms with Gasteiger partial charge in [0.15, 0.2) is 5.43 Å². The van der Waals surface area contributed by atoms with Gasteiger partial charge >= 0.3 is 0 Å². The molecule has 4 rings (SSSR count). The van der Waals surface area contributed by atoms with Crippen LogP contribution < -0.4 is 5.43 Å². The average Bonchev–Trinajstić information content (AvgIpc) is 2.68. The van der Waals surface area contributed by atoms with Crippen molar-refractivity contribution >= 4 is 16.8 Å². The zero-order chi connectivity index (χ0) is 19.0. The third kappa shape index (κ3) is 3.38. The molecule has 0 aliphatic carbocycles. The summed E-state index contributed by atoms with van der Waals surface area (Å²) in [4.78, 5) is 32.4. The number of pyridine rings is 1. The second kappa shape index (κ2) is 7.00. The summed E-state index contributed by atoms with van der Waals surface area (Å²) in [6, 6.07) is 15.0. The lowest BCUT2D eigenvalue weighted by Gasteiger charge is -2.32. The van der Waals surface area contributed by atoms with Crippen LogP contribution in [0.5, 0.6) is 0 Å². The number of hydrogen-bond donors (Lipinski definition) is 1. The number of fused-ring (bicyclic) bond motifs is 1. The highest BCUT2D eigenvalue weighted by Crippen LogP contribution is 2.26. The molecule has 2 aromatic carbocycles. The number of aryl methyl sites for hydroxylation is 1. The molecular formula is C22H23N3O2. The van der Waals surface area contributed by atoms with Crippen LogP contribution in [0, 0.1) is 6.92 Å². The smallest absolute Gasteiger partial charge is 0.253 e. The van der Waals surface area contributed by atoms with Crippen LogP contribution in [0.1, 0.15) is 16.1 Å². The number of benzene rings is 2. The predicted molar refractivity (Wildman–Crippen MR) is 108 cm³/mol. The number of hydrogen-bond acceptors (Lipinski definition) is 3. The molecule has 5 heteroatoms. The van der Waals surface area contributed by atoms with Crippen LogP contribution in [-0.4, -0.2) is 53.9 Å². The maximum atomic E-state index is 12.7. The fourth-order valence-corrected chi connectivity index (χ4v) is 3.63. The van der Waals surface area contributed by atoms with Gasteiger partial charge in [0.25, 0.3) is 5.91 Å². The molecule has 0 atom stereocenters. The van der Waals surface area contributed by atoms with E-state index in [4.69, 9.17) is 0 Å². The van der Waals surface area contributed by atoms with Crippen molar-refractivity contribution in [3.8, 4) is 11.1 Å².